The predicted molar refractivity (Wildman–Crippen MR) is 60.0 cm³/mol. The molecule has 1 aromatic heterocycles. The Morgan fingerprint density at radius 1 is 1.50 bits per heavy atom. The molecule has 1 rings (SSSR count). The van der Waals surface area contributed by atoms with E-state index in [-0.39, 0.29) is 0 Å². The van der Waals surface area contributed by atoms with Gasteiger partial charge in [-0.3, -0.25) is 0 Å². The number of nitrogens with zero attached hydrogens (tertiary/aromatic N) is 1. The molecule has 2 heteroatoms. The van der Waals surface area contributed by atoms with Gasteiger partial charge < -0.3 is 9.30 Å². The fourth-order valence-corrected chi connectivity index (χ4v) is 1.32. The van der Waals surface area contributed by atoms with E-state index < -0.39 is 0 Å². The molecule has 76 valence electrons. The van der Waals surface area contributed by atoms with Crippen molar-refractivity contribution in [3.63, 3.8) is 0 Å². The molecule has 1 aromatic rings. The zero-order chi connectivity index (χ0) is 10.7. The average Bonchev–Trinajstić information content (AvgIpc) is 2.43. The SMILES string of the molecule is C=c1ccn(C)/c1=C/C(OC)=C(C)C. The van der Waals surface area contributed by atoms with E-state index >= 15 is 0 Å². The van der Waals surface area contributed by atoms with E-state index in [4.69, 9.17) is 4.74 Å². The smallest absolute Gasteiger partial charge is 0.119 e. The normalized spacial score (nSPS) is 11.6. The molecular weight excluding hydrogens is 174 g/mol. The number of aryl methyl sites for hydroxylation is 1. The van der Waals surface area contributed by atoms with Gasteiger partial charge in [-0.05, 0) is 30.7 Å². The van der Waals surface area contributed by atoms with Gasteiger partial charge in [-0.1, -0.05) is 6.58 Å². The number of aromatic nitrogens is 1. The molecule has 2 nitrogen and oxygen atoms in total. The van der Waals surface area contributed by atoms with Crippen LogP contribution in [-0.2, 0) is 11.8 Å². The Balaban J connectivity index is 3.36. The number of rotatable bonds is 2. The molecule has 0 aliphatic heterocycles. The second-order valence-electron chi connectivity index (χ2n) is 3.55. The standard InChI is InChI=1S/C12H17NO/c1-9(2)12(14-5)8-11-10(3)6-7-13(11)4/h6-8H,3H2,1-2,4-5H3/b11-8+. The predicted octanol–water partition coefficient (Wildman–Crippen LogP) is 1.16. The molecule has 0 saturated carbocycles. The Morgan fingerprint density at radius 2 is 2.14 bits per heavy atom. The third-order valence-corrected chi connectivity index (χ3v) is 2.19. The fourth-order valence-electron chi connectivity index (χ4n) is 1.32. The quantitative estimate of drug-likeness (QED) is 0.640. The maximum absolute atomic E-state index is 5.28. The molecule has 0 aliphatic rings. The number of methoxy groups -OCH3 is 1. The van der Waals surface area contributed by atoms with Crippen LogP contribution in [0.15, 0.2) is 23.6 Å². The highest BCUT2D eigenvalue weighted by molar-refractivity contribution is 5.43. The summed E-state index contributed by atoms with van der Waals surface area (Å²) in [5, 5.41) is 2.10. The van der Waals surface area contributed by atoms with Gasteiger partial charge in [0.2, 0.25) is 0 Å². The minimum Gasteiger partial charge on any atom is -0.497 e. The Morgan fingerprint density at radius 3 is 2.50 bits per heavy atom. The third kappa shape index (κ3) is 2.08. The number of ether oxygens (including phenoxy) is 1. The van der Waals surface area contributed by atoms with Gasteiger partial charge >= 0.3 is 0 Å². The van der Waals surface area contributed by atoms with Gasteiger partial charge in [-0.15, -0.1) is 0 Å². The average molecular weight is 191 g/mol. The molecule has 0 atom stereocenters. The van der Waals surface area contributed by atoms with Crippen LogP contribution in [0.4, 0.5) is 0 Å². The van der Waals surface area contributed by atoms with Crippen LogP contribution in [0.1, 0.15) is 13.8 Å². The van der Waals surface area contributed by atoms with Gasteiger partial charge in [0.25, 0.3) is 0 Å². The third-order valence-electron chi connectivity index (χ3n) is 2.19. The first-order chi connectivity index (χ1) is 6.56. The molecule has 0 amide bonds. The van der Waals surface area contributed by atoms with Crippen molar-refractivity contribution in [3.05, 3.63) is 34.2 Å². The molecule has 0 fully saturated rings. The van der Waals surface area contributed by atoms with Gasteiger partial charge in [0, 0.05) is 19.3 Å². The topological polar surface area (TPSA) is 14.2 Å². The summed E-state index contributed by atoms with van der Waals surface area (Å²) in [4.78, 5) is 0. The minimum atomic E-state index is 0.900. The van der Waals surface area contributed by atoms with E-state index in [2.05, 4.69) is 6.58 Å². The molecule has 1 heterocycles. The lowest BCUT2D eigenvalue weighted by Crippen LogP contribution is -2.26. The summed E-state index contributed by atoms with van der Waals surface area (Å²) in [5.74, 6) is 0.900. The van der Waals surface area contributed by atoms with E-state index in [1.807, 2.05) is 43.8 Å². The van der Waals surface area contributed by atoms with Crippen molar-refractivity contribution >= 4 is 12.7 Å². The van der Waals surface area contributed by atoms with Crippen molar-refractivity contribution in [1.82, 2.24) is 4.57 Å². The second-order valence-corrected chi connectivity index (χ2v) is 3.55. The Kier molecular flexibility index (Phi) is 3.18. The Hall–Kier alpha value is -1.44. The molecule has 0 unspecified atom stereocenters. The van der Waals surface area contributed by atoms with Gasteiger partial charge in [0.15, 0.2) is 0 Å². The maximum Gasteiger partial charge on any atom is 0.119 e. The monoisotopic (exact) mass is 191 g/mol. The molecule has 0 bridgehead atoms. The molecular formula is C12H17NO. The summed E-state index contributed by atoms with van der Waals surface area (Å²) >= 11 is 0. The van der Waals surface area contributed by atoms with E-state index in [0.717, 1.165) is 21.9 Å². The van der Waals surface area contributed by atoms with E-state index in [1.54, 1.807) is 7.11 Å². The highest BCUT2D eigenvalue weighted by Gasteiger charge is 1.95. The van der Waals surface area contributed by atoms with Crippen molar-refractivity contribution in [1.29, 1.82) is 0 Å². The Bertz CT molecular complexity index is 447. The van der Waals surface area contributed by atoms with Crippen LogP contribution < -0.4 is 10.6 Å². The zero-order valence-corrected chi connectivity index (χ0v) is 9.29. The van der Waals surface area contributed by atoms with Crippen molar-refractivity contribution in [2.45, 2.75) is 13.8 Å². The summed E-state index contributed by atoms with van der Waals surface area (Å²) < 4.78 is 7.31. The summed E-state index contributed by atoms with van der Waals surface area (Å²) in [6.07, 6.45) is 4.00. The van der Waals surface area contributed by atoms with Crippen LogP contribution in [0.3, 0.4) is 0 Å². The van der Waals surface area contributed by atoms with Gasteiger partial charge in [0.1, 0.15) is 5.76 Å². The highest BCUT2D eigenvalue weighted by atomic mass is 16.5. The summed E-state index contributed by atoms with van der Waals surface area (Å²) in [6.45, 7) is 8.02. The number of allylic oxidation sites excluding steroid dienone is 2. The lowest BCUT2D eigenvalue weighted by atomic mass is 10.2. The molecule has 0 aromatic carbocycles. The zero-order valence-electron chi connectivity index (χ0n) is 9.29. The van der Waals surface area contributed by atoms with Crippen LogP contribution >= 0.6 is 0 Å². The van der Waals surface area contributed by atoms with Gasteiger partial charge in [0.05, 0.1) is 12.5 Å². The fraction of sp³-hybridized carbons (Fsp3) is 0.333. The van der Waals surface area contributed by atoms with Crippen molar-refractivity contribution < 1.29 is 4.74 Å². The van der Waals surface area contributed by atoms with Crippen molar-refractivity contribution in [2.75, 3.05) is 7.11 Å². The number of hydrogen-bond acceptors (Lipinski definition) is 1. The first kappa shape index (κ1) is 10.6. The molecule has 0 N–H and O–H groups in total. The molecule has 0 aliphatic carbocycles. The minimum absolute atomic E-state index is 0.900. The van der Waals surface area contributed by atoms with Crippen LogP contribution in [0, 0.1) is 0 Å². The highest BCUT2D eigenvalue weighted by Crippen LogP contribution is 2.04. The summed E-state index contributed by atoms with van der Waals surface area (Å²) in [7, 11) is 3.68. The maximum atomic E-state index is 5.28. The summed E-state index contributed by atoms with van der Waals surface area (Å²) in [5.41, 5.74) is 1.16. The van der Waals surface area contributed by atoms with Crippen LogP contribution in [-0.4, -0.2) is 11.7 Å². The first-order valence-corrected chi connectivity index (χ1v) is 4.59. The van der Waals surface area contributed by atoms with Crippen LogP contribution in [0.25, 0.3) is 12.7 Å². The first-order valence-electron chi connectivity index (χ1n) is 4.59. The summed E-state index contributed by atoms with van der Waals surface area (Å²) in [6, 6.07) is 1.99. The largest absolute Gasteiger partial charge is 0.497 e. The molecule has 0 radical (unpaired) electrons. The van der Waals surface area contributed by atoms with Gasteiger partial charge in [-0.25, -0.2) is 0 Å². The van der Waals surface area contributed by atoms with Gasteiger partial charge in [-0.2, -0.15) is 0 Å². The Labute approximate surface area is 84.8 Å². The van der Waals surface area contributed by atoms with Crippen LogP contribution in [0.5, 0.6) is 0 Å². The molecule has 0 saturated heterocycles. The molecule has 0 spiro atoms. The van der Waals surface area contributed by atoms with Crippen molar-refractivity contribution in [2.24, 2.45) is 7.05 Å². The number of hydrogen-bond donors (Lipinski definition) is 0. The van der Waals surface area contributed by atoms with E-state index in [9.17, 15) is 0 Å². The van der Waals surface area contributed by atoms with Crippen LogP contribution in [0.2, 0.25) is 0 Å². The lowest BCUT2D eigenvalue weighted by Gasteiger charge is -2.02. The van der Waals surface area contributed by atoms with Crippen molar-refractivity contribution in [3.8, 4) is 0 Å². The lowest BCUT2D eigenvalue weighted by molar-refractivity contribution is 0.309. The van der Waals surface area contributed by atoms with E-state index in [0.29, 0.717) is 0 Å². The molecule has 14 heavy (non-hydrogen) atoms. The van der Waals surface area contributed by atoms with E-state index in [1.165, 1.54) is 0 Å². The second kappa shape index (κ2) is 4.18.